The zero-order valence-corrected chi connectivity index (χ0v) is 22.5. The van der Waals surface area contributed by atoms with E-state index in [4.69, 9.17) is 16.9 Å². The van der Waals surface area contributed by atoms with Gasteiger partial charge >= 0.3 is 0 Å². The lowest BCUT2D eigenvalue weighted by molar-refractivity contribution is -0.685. The van der Waals surface area contributed by atoms with E-state index in [9.17, 15) is 19.2 Å². The van der Waals surface area contributed by atoms with Gasteiger partial charge in [0.05, 0.1) is 0 Å². The minimum atomic E-state index is -1.12. The number of pyridine rings is 1. The van der Waals surface area contributed by atoms with Crippen molar-refractivity contribution in [1.29, 1.82) is 5.41 Å². The molecule has 1 fully saturated rings. The molecule has 1 aliphatic rings. The van der Waals surface area contributed by atoms with Gasteiger partial charge in [0.1, 0.15) is 12.6 Å². The van der Waals surface area contributed by atoms with Crippen LogP contribution in [0.1, 0.15) is 51.5 Å². The molecule has 4 amide bonds. The average Bonchev–Trinajstić information content (AvgIpc) is 2.92. The maximum Gasteiger partial charge on any atom is 0.298 e. The molecule has 1 saturated carbocycles. The third-order valence-electron chi connectivity index (χ3n) is 7.05. The average molecular weight is 537 g/mol. The zero-order chi connectivity index (χ0) is 28.5. The number of nitrogens with two attached hydrogens (primary N) is 2. The minimum Gasteiger partial charge on any atom is -0.370 e. The smallest absolute Gasteiger partial charge is 0.298 e. The van der Waals surface area contributed by atoms with Crippen LogP contribution in [-0.2, 0) is 25.6 Å². The van der Waals surface area contributed by atoms with Crippen LogP contribution in [0.2, 0.25) is 0 Å². The SMILES string of the molecule is CC(=O)N(C(=N)N)C(Cc1ccccc1)C(=O)N(CC(=O)N(C(C)C(N)=O)[n+]1ccccc1)C1CCCCC1. The maximum absolute atomic E-state index is 14.3. The van der Waals surface area contributed by atoms with Crippen molar-refractivity contribution >= 4 is 29.6 Å². The number of amides is 4. The van der Waals surface area contributed by atoms with Crippen LogP contribution in [0, 0.1) is 5.41 Å². The number of hydrogen-bond acceptors (Lipinski definition) is 5. The number of carbonyl (C=O) groups excluding carboxylic acids is 4. The molecule has 0 spiro atoms. The van der Waals surface area contributed by atoms with Gasteiger partial charge in [-0.2, -0.15) is 0 Å². The van der Waals surface area contributed by atoms with Crippen molar-refractivity contribution in [1.82, 2.24) is 9.80 Å². The number of primary amides is 1. The molecule has 11 nitrogen and oxygen atoms in total. The largest absolute Gasteiger partial charge is 0.370 e. The number of aromatic nitrogens is 1. The van der Waals surface area contributed by atoms with Crippen molar-refractivity contribution in [2.75, 3.05) is 11.6 Å². The van der Waals surface area contributed by atoms with E-state index in [1.54, 1.807) is 30.6 Å². The molecule has 1 aromatic carbocycles. The molecule has 0 radical (unpaired) electrons. The molecule has 5 N–H and O–H groups in total. The summed E-state index contributed by atoms with van der Waals surface area (Å²) in [6.45, 7) is 2.45. The van der Waals surface area contributed by atoms with Gasteiger partial charge in [0, 0.05) is 31.5 Å². The molecule has 1 heterocycles. The second kappa shape index (κ2) is 13.5. The number of nitrogens with zero attached hydrogens (tertiary/aromatic N) is 4. The first-order valence-corrected chi connectivity index (χ1v) is 13.2. The molecule has 1 aliphatic carbocycles. The fourth-order valence-electron chi connectivity index (χ4n) is 5.07. The van der Waals surface area contributed by atoms with E-state index in [2.05, 4.69) is 0 Å². The first-order valence-electron chi connectivity index (χ1n) is 13.2. The highest BCUT2D eigenvalue weighted by atomic mass is 16.2. The summed E-state index contributed by atoms with van der Waals surface area (Å²) in [4.78, 5) is 55.4. The Bertz CT molecular complexity index is 1150. The highest BCUT2D eigenvalue weighted by Crippen LogP contribution is 2.25. The van der Waals surface area contributed by atoms with E-state index in [1.165, 1.54) is 28.4 Å². The Labute approximate surface area is 228 Å². The summed E-state index contributed by atoms with van der Waals surface area (Å²) < 4.78 is 1.47. The van der Waals surface area contributed by atoms with Crippen molar-refractivity contribution in [3.8, 4) is 0 Å². The Morgan fingerprint density at radius 3 is 2.10 bits per heavy atom. The first-order chi connectivity index (χ1) is 18.6. The Balaban J connectivity index is 2.03. The van der Waals surface area contributed by atoms with E-state index in [0.29, 0.717) is 12.8 Å². The fraction of sp³-hybridized carbons (Fsp3) is 0.429. The lowest BCUT2D eigenvalue weighted by Gasteiger charge is -2.39. The summed E-state index contributed by atoms with van der Waals surface area (Å²) in [6.07, 6.45) is 7.56. The van der Waals surface area contributed by atoms with Crippen LogP contribution in [0.4, 0.5) is 0 Å². The van der Waals surface area contributed by atoms with Gasteiger partial charge in [-0.05, 0) is 25.3 Å². The van der Waals surface area contributed by atoms with E-state index in [1.807, 2.05) is 30.3 Å². The van der Waals surface area contributed by atoms with Gasteiger partial charge in [0.15, 0.2) is 24.4 Å². The molecule has 39 heavy (non-hydrogen) atoms. The predicted molar refractivity (Wildman–Crippen MR) is 145 cm³/mol. The number of nitrogens with one attached hydrogen (secondary N) is 1. The summed E-state index contributed by atoms with van der Waals surface area (Å²) in [7, 11) is 0. The van der Waals surface area contributed by atoms with Crippen LogP contribution in [0.25, 0.3) is 0 Å². The quantitative estimate of drug-likeness (QED) is 0.233. The van der Waals surface area contributed by atoms with Gasteiger partial charge in [0.25, 0.3) is 5.91 Å². The van der Waals surface area contributed by atoms with Crippen LogP contribution in [0.15, 0.2) is 60.9 Å². The highest BCUT2D eigenvalue weighted by Gasteiger charge is 2.40. The van der Waals surface area contributed by atoms with E-state index >= 15 is 0 Å². The van der Waals surface area contributed by atoms with Crippen molar-refractivity contribution in [2.24, 2.45) is 11.5 Å². The van der Waals surface area contributed by atoms with Gasteiger partial charge in [-0.15, -0.1) is 0 Å². The highest BCUT2D eigenvalue weighted by molar-refractivity contribution is 6.01. The van der Waals surface area contributed by atoms with E-state index < -0.39 is 41.7 Å². The summed E-state index contributed by atoms with van der Waals surface area (Å²) in [5.74, 6) is -2.77. The van der Waals surface area contributed by atoms with Gasteiger partial charge in [-0.25, -0.2) is 0 Å². The number of benzene rings is 1. The Kier molecular flexibility index (Phi) is 10.1. The molecule has 3 rings (SSSR count). The lowest BCUT2D eigenvalue weighted by Crippen LogP contribution is -2.69. The fourth-order valence-corrected chi connectivity index (χ4v) is 5.07. The summed E-state index contributed by atoms with van der Waals surface area (Å²) in [5.41, 5.74) is 12.2. The Morgan fingerprint density at radius 2 is 1.56 bits per heavy atom. The molecule has 0 saturated heterocycles. The zero-order valence-electron chi connectivity index (χ0n) is 22.5. The van der Waals surface area contributed by atoms with Crippen LogP contribution in [0.5, 0.6) is 0 Å². The first kappa shape index (κ1) is 29.3. The number of rotatable bonds is 10. The van der Waals surface area contributed by atoms with Crippen LogP contribution < -0.4 is 21.2 Å². The van der Waals surface area contributed by atoms with Crippen LogP contribution in [0.3, 0.4) is 0 Å². The topological polar surface area (TPSA) is 158 Å². The van der Waals surface area contributed by atoms with Crippen molar-refractivity contribution in [2.45, 2.75) is 70.5 Å². The van der Waals surface area contributed by atoms with Crippen LogP contribution >= 0.6 is 0 Å². The standard InChI is InChI=1S/C28H37N7O4/c1-20(26(29)38)35(32-16-10-5-11-17-32)25(37)19-33(23-14-8-4-9-15-23)27(39)24(34(21(2)36)28(30)31)18-22-12-6-3-7-13-22/h3,5-7,10-13,16-17,20,23-24H,4,8-9,14-15,18-19H2,1-2H3,(H4-,29,30,31,38)/p+1. The molecular weight excluding hydrogens is 498 g/mol. The molecule has 11 heteroatoms. The molecule has 2 unspecified atom stereocenters. The second-order valence-electron chi connectivity index (χ2n) is 9.81. The van der Waals surface area contributed by atoms with Gasteiger partial charge in [0.2, 0.25) is 17.7 Å². The second-order valence-corrected chi connectivity index (χ2v) is 9.81. The molecule has 2 aromatic rings. The molecule has 2 atom stereocenters. The third-order valence-corrected chi connectivity index (χ3v) is 7.05. The number of hydrogen-bond donors (Lipinski definition) is 3. The van der Waals surface area contributed by atoms with Crippen LogP contribution in [-0.4, -0.2) is 64.1 Å². The molecular formula is C28H38N7O4+. The van der Waals surface area contributed by atoms with Crippen molar-refractivity contribution in [3.05, 3.63) is 66.5 Å². The van der Waals surface area contributed by atoms with Crippen molar-refractivity contribution < 1.29 is 23.9 Å². The Hall–Kier alpha value is -4.28. The van der Waals surface area contributed by atoms with E-state index in [0.717, 1.165) is 29.7 Å². The lowest BCUT2D eigenvalue weighted by atomic mass is 9.93. The number of guanidine groups is 1. The maximum atomic E-state index is 14.3. The van der Waals surface area contributed by atoms with E-state index in [-0.39, 0.29) is 19.0 Å². The van der Waals surface area contributed by atoms with Gasteiger partial charge < -0.3 is 16.4 Å². The molecule has 208 valence electrons. The third kappa shape index (κ3) is 7.40. The van der Waals surface area contributed by atoms with Gasteiger partial charge in [-0.3, -0.25) is 29.5 Å². The number of carbonyl (C=O) groups is 4. The molecule has 0 aliphatic heterocycles. The monoisotopic (exact) mass is 536 g/mol. The minimum absolute atomic E-state index is 0.116. The summed E-state index contributed by atoms with van der Waals surface area (Å²) in [6, 6.07) is 12.0. The molecule has 0 bridgehead atoms. The summed E-state index contributed by atoms with van der Waals surface area (Å²) in [5, 5.41) is 9.29. The van der Waals surface area contributed by atoms with Crippen molar-refractivity contribution in [3.63, 3.8) is 0 Å². The van der Waals surface area contributed by atoms with Gasteiger partial charge in [-0.1, -0.05) is 65.3 Å². The Morgan fingerprint density at radius 1 is 0.974 bits per heavy atom. The summed E-state index contributed by atoms with van der Waals surface area (Å²) >= 11 is 0. The predicted octanol–water partition coefficient (Wildman–Crippen LogP) is 0.827. The molecule has 1 aromatic heterocycles. The normalized spacial score (nSPS) is 15.0.